The molecule has 0 aromatic rings. The lowest BCUT2D eigenvalue weighted by Crippen LogP contribution is -2.61. The summed E-state index contributed by atoms with van der Waals surface area (Å²) in [6, 6.07) is -1.02. The summed E-state index contributed by atoms with van der Waals surface area (Å²) in [5, 5.41) is 57.3. The number of carbonyl (C=O) groups is 2. The van der Waals surface area contributed by atoms with Crippen molar-refractivity contribution < 1.29 is 49.3 Å². The molecule has 0 spiro atoms. The van der Waals surface area contributed by atoms with Gasteiger partial charge in [-0.1, -0.05) is 367 Å². The Balaban J connectivity index is 2.53. The molecule has 1 fully saturated rings. The lowest BCUT2D eigenvalue weighted by Gasteiger charge is -2.41. The highest BCUT2D eigenvalue weighted by Crippen LogP contribution is 2.27. The summed E-state index contributed by atoms with van der Waals surface area (Å²) in [5.74, 6) is -1.17. The summed E-state index contributed by atoms with van der Waals surface area (Å²) in [7, 11) is 0. The number of amides is 1. The molecule has 1 saturated heterocycles. The van der Waals surface area contributed by atoms with E-state index in [1.165, 1.54) is 283 Å². The lowest BCUT2D eigenvalue weighted by molar-refractivity contribution is -0.305. The number of hydrogen-bond donors (Lipinski definition) is 6. The standard InChI is InChI=1S/C74H143NO10/c1-4-7-10-13-16-19-22-25-27-29-31-32-33-34-35-36-37-39-41-44-47-50-53-56-59-62-69(79)85-72-71(81)70(80)68(63-76)84-74(72)83-64-65(66(77)60-57-54-51-48-45-42-24-21-18-15-12-9-6-3)75-73(82)67(78)61-58-55-52-49-46-43-40-38-30-28-26-23-20-17-14-11-8-5-2/h57,60,65-68,70-72,74,76-78,80-81H,4-56,58-59,61-64H2,1-3H3,(H,75,82)/b60-57+. The molecular weight excluding hydrogens is 1060 g/mol. The maximum Gasteiger partial charge on any atom is 0.306 e. The minimum Gasteiger partial charge on any atom is -0.454 e. The van der Waals surface area contributed by atoms with Gasteiger partial charge in [0.15, 0.2) is 12.4 Å². The molecule has 8 atom stereocenters. The van der Waals surface area contributed by atoms with Crippen molar-refractivity contribution in [1.82, 2.24) is 5.32 Å². The van der Waals surface area contributed by atoms with Crippen LogP contribution in [0.25, 0.3) is 0 Å². The number of aliphatic hydroxyl groups excluding tert-OH is 5. The van der Waals surface area contributed by atoms with Gasteiger partial charge in [0.2, 0.25) is 5.91 Å². The van der Waals surface area contributed by atoms with Crippen molar-refractivity contribution in [3.8, 4) is 0 Å². The topological polar surface area (TPSA) is 175 Å². The molecular formula is C74H143NO10. The second kappa shape index (κ2) is 62.6. The number of esters is 1. The Morgan fingerprint density at radius 1 is 0.447 bits per heavy atom. The number of carbonyl (C=O) groups excluding carboxylic acids is 2. The Morgan fingerprint density at radius 2 is 0.765 bits per heavy atom. The maximum atomic E-state index is 13.5. The van der Waals surface area contributed by atoms with Crippen molar-refractivity contribution in [2.45, 2.75) is 436 Å². The van der Waals surface area contributed by atoms with Crippen LogP contribution >= 0.6 is 0 Å². The summed E-state index contributed by atoms with van der Waals surface area (Å²) < 4.78 is 17.7. The summed E-state index contributed by atoms with van der Waals surface area (Å²) in [6.07, 6.45) is 64.0. The van der Waals surface area contributed by atoms with Crippen LogP contribution in [0.1, 0.15) is 387 Å². The molecule has 504 valence electrons. The second-order valence-electron chi connectivity index (χ2n) is 26.4. The fraction of sp³-hybridized carbons (Fsp3) is 0.946. The Kier molecular flexibility index (Phi) is 59.9. The smallest absolute Gasteiger partial charge is 0.306 e. The summed E-state index contributed by atoms with van der Waals surface area (Å²) in [5.41, 5.74) is 0. The van der Waals surface area contributed by atoms with Crippen LogP contribution in [0.15, 0.2) is 12.2 Å². The molecule has 11 heteroatoms. The predicted molar refractivity (Wildman–Crippen MR) is 357 cm³/mol. The number of nitrogens with one attached hydrogen (secondary N) is 1. The van der Waals surface area contributed by atoms with Crippen molar-refractivity contribution in [3.63, 3.8) is 0 Å². The van der Waals surface area contributed by atoms with E-state index in [0.717, 1.165) is 57.8 Å². The zero-order valence-corrected chi connectivity index (χ0v) is 56.3. The quantitative estimate of drug-likeness (QED) is 0.0195. The van der Waals surface area contributed by atoms with Crippen molar-refractivity contribution in [3.05, 3.63) is 12.2 Å². The van der Waals surface area contributed by atoms with E-state index in [9.17, 15) is 35.1 Å². The molecule has 1 aliphatic rings. The van der Waals surface area contributed by atoms with Gasteiger partial charge in [-0.25, -0.2) is 0 Å². The van der Waals surface area contributed by atoms with Gasteiger partial charge in [-0.05, 0) is 25.7 Å². The van der Waals surface area contributed by atoms with Crippen LogP contribution < -0.4 is 5.32 Å². The SMILES string of the molecule is CCCCCCCCCCCCC/C=C/C(O)C(COC1OC(CO)C(O)C(O)C1OC(=O)CCCCCCCCCCCCCCCCCCCCCCCCCCC)NC(=O)C(O)CCCCCCCCCCCCCCCCCCCC. The zero-order valence-electron chi connectivity index (χ0n) is 56.3. The Labute approximate surface area is 525 Å². The van der Waals surface area contributed by atoms with Gasteiger partial charge in [0.1, 0.15) is 24.4 Å². The fourth-order valence-electron chi connectivity index (χ4n) is 12.3. The van der Waals surface area contributed by atoms with E-state index in [2.05, 4.69) is 26.1 Å². The summed E-state index contributed by atoms with van der Waals surface area (Å²) >= 11 is 0. The van der Waals surface area contributed by atoms with Gasteiger partial charge in [-0.3, -0.25) is 9.59 Å². The van der Waals surface area contributed by atoms with Crippen LogP contribution in [-0.2, 0) is 23.8 Å². The van der Waals surface area contributed by atoms with Gasteiger partial charge in [-0.2, -0.15) is 0 Å². The molecule has 8 unspecified atom stereocenters. The Bertz CT molecular complexity index is 1430. The molecule has 11 nitrogen and oxygen atoms in total. The average molecular weight is 1210 g/mol. The van der Waals surface area contributed by atoms with E-state index in [-0.39, 0.29) is 13.0 Å². The predicted octanol–water partition coefficient (Wildman–Crippen LogP) is 19.4. The van der Waals surface area contributed by atoms with Crippen LogP contribution in [0, 0.1) is 0 Å². The first-order valence-corrected chi connectivity index (χ1v) is 37.5. The van der Waals surface area contributed by atoms with Gasteiger partial charge in [0.05, 0.1) is 25.4 Å². The number of rotatable bonds is 66. The monoisotopic (exact) mass is 1210 g/mol. The van der Waals surface area contributed by atoms with E-state index < -0.39 is 67.4 Å². The third-order valence-corrected chi connectivity index (χ3v) is 18.2. The number of allylic oxidation sites excluding steroid dienone is 1. The van der Waals surface area contributed by atoms with E-state index in [4.69, 9.17) is 14.2 Å². The first-order valence-electron chi connectivity index (χ1n) is 37.5. The molecule has 1 amide bonds. The van der Waals surface area contributed by atoms with Crippen molar-refractivity contribution in [1.29, 1.82) is 0 Å². The van der Waals surface area contributed by atoms with Crippen LogP contribution in [0.2, 0.25) is 0 Å². The van der Waals surface area contributed by atoms with Crippen LogP contribution in [0.4, 0.5) is 0 Å². The fourth-order valence-corrected chi connectivity index (χ4v) is 12.3. The largest absolute Gasteiger partial charge is 0.454 e. The minimum absolute atomic E-state index is 0.132. The lowest BCUT2D eigenvalue weighted by atomic mass is 9.99. The highest BCUT2D eigenvalue weighted by molar-refractivity contribution is 5.80. The van der Waals surface area contributed by atoms with Crippen molar-refractivity contribution in [2.75, 3.05) is 13.2 Å². The molecule has 1 aliphatic heterocycles. The third kappa shape index (κ3) is 49.8. The number of hydrogen-bond acceptors (Lipinski definition) is 10. The van der Waals surface area contributed by atoms with Crippen molar-refractivity contribution in [2.24, 2.45) is 0 Å². The van der Waals surface area contributed by atoms with Gasteiger partial charge < -0.3 is 45.1 Å². The molecule has 6 N–H and O–H groups in total. The molecule has 0 saturated carbocycles. The van der Waals surface area contributed by atoms with Gasteiger partial charge in [0, 0.05) is 6.42 Å². The van der Waals surface area contributed by atoms with Crippen LogP contribution in [0.3, 0.4) is 0 Å². The molecule has 85 heavy (non-hydrogen) atoms. The molecule has 0 aromatic carbocycles. The average Bonchev–Trinajstić information content (AvgIpc) is 2.91. The van der Waals surface area contributed by atoms with E-state index in [1.807, 2.05) is 6.08 Å². The van der Waals surface area contributed by atoms with Gasteiger partial charge in [-0.15, -0.1) is 0 Å². The molecule has 0 aromatic heterocycles. The molecule has 1 rings (SSSR count). The van der Waals surface area contributed by atoms with Gasteiger partial charge >= 0.3 is 5.97 Å². The number of ether oxygens (including phenoxy) is 3. The summed E-state index contributed by atoms with van der Waals surface area (Å²) in [4.78, 5) is 26.7. The van der Waals surface area contributed by atoms with E-state index >= 15 is 0 Å². The summed E-state index contributed by atoms with van der Waals surface area (Å²) in [6.45, 7) is 5.87. The van der Waals surface area contributed by atoms with E-state index in [0.29, 0.717) is 19.3 Å². The molecule has 0 bridgehead atoms. The first-order chi connectivity index (χ1) is 41.7. The minimum atomic E-state index is -1.61. The third-order valence-electron chi connectivity index (χ3n) is 18.2. The highest BCUT2D eigenvalue weighted by atomic mass is 16.7. The van der Waals surface area contributed by atoms with Crippen molar-refractivity contribution >= 4 is 11.9 Å². The Hall–Kier alpha value is -1.60. The zero-order chi connectivity index (χ0) is 61.7. The molecule has 0 aliphatic carbocycles. The number of unbranched alkanes of at least 4 members (excludes halogenated alkanes) is 52. The normalized spacial score (nSPS) is 18.3. The van der Waals surface area contributed by atoms with Gasteiger partial charge in [0.25, 0.3) is 0 Å². The molecule has 0 radical (unpaired) electrons. The number of aliphatic hydroxyl groups is 5. The second-order valence-corrected chi connectivity index (χ2v) is 26.4. The maximum absolute atomic E-state index is 13.5. The van der Waals surface area contributed by atoms with E-state index in [1.54, 1.807) is 6.08 Å². The Morgan fingerprint density at radius 3 is 1.11 bits per heavy atom. The van der Waals surface area contributed by atoms with Crippen LogP contribution in [0.5, 0.6) is 0 Å². The molecule has 1 heterocycles. The first kappa shape index (κ1) is 81.4. The van der Waals surface area contributed by atoms with Crippen LogP contribution in [-0.4, -0.2) is 99.6 Å². The highest BCUT2D eigenvalue weighted by Gasteiger charge is 2.47.